The fourth-order valence-corrected chi connectivity index (χ4v) is 0.990. The molecule has 0 aromatic heterocycles. The molecule has 0 radical (unpaired) electrons. The Hall–Kier alpha value is -1.40. The van der Waals surface area contributed by atoms with Crippen molar-refractivity contribution in [3.63, 3.8) is 0 Å². The van der Waals surface area contributed by atoms with Gasteiger partial charge < -0.3 is 26.8 Å². The molecule has 19 heavy (non-hydrogen) atoms. The summed E-state index contributed by atoms with van der Waals surface area (Å²) in [6.07, 6.45) is -3.12. The summed E-state index contributed by atoms with van der Waals surface area (Å²) < 4.78 is 0. The van der Waals surface area contributed by atoms with Gasteiger partial charge in [0.2, 0.25) is 0 Å². The van der Waals surface area contributed by atoms with E-state index in [1.165, 1.54) is 6.92 Å². The number of rotatable bonds is 6. The molecule has 9 nitrogen and oxygen atoms in total. The van der Waals surface area contributed by atoms with Crippen molar-refractivity contribution in [3.8, 4) is 0 Å². The Balaban J connectivity index is 4.94. The molecule has 0 aromatic carbocycles. The maximum atomic E-state index is 9.78. The SMILES string of the molecule is C[C@H](O)[C@H](O)[C@H](O)C(/C=N\NC(N)=S)=N/NC(N)=S. The second-order valence-corrected chi connectivity index (χ2v) is 4.30. The van der Waals surface area contributed by atoms with Crippen molar-refractivity contribution in [2.45, 2.75) is 25.2 Å². The summed E-state index contributed by atoms with van der Waals surface area (Å²) in [5.74, 6) is 0. The molecule has 0 aliphatic rings. The van der Waals surface area contributed by atoms with Crippen LogP contribution < -0.4 is 22.3 Å². The van der Waals surface area contributed by atoms with E-state index in [9.17, 15) is 15.3 Å². The van der Waals surface area contributed by atoms with Crippen molar-refractivity contribution in [2.75, 3.05) is 0 Å². The highest BCUT2D eigenvalue weighted by Gasteiger charge is 2.25. The fourth-order valence-electron chi connectivity index (χ4n) is 0.892. The third kappa shape index (κ3) is 7.58. The van der Waals surface area contributed by atoms with Crippen LogP contribution in [0.15, 0.2) is 10.2 Å². The van der Waals surface area contributed by atoms with Gasteiger partial charge in [-0.25, -0.2) is 0 Å². The minimum atomic E-state index is -1.52. The van der Waals surface area contributed by atoms with Gasteiger partial charge in [-0.1, -0.05) is 0 Å². The number of hydrogen-bond acceptors (Lipinski definition) is 7. The number of thiocarbonyl (C=S) groups is 2. The van der Waals surface area contributed by atoms with E-state index >= 15 is 0 Å². The van der Waals surface area contributed by atoms with Gasteiger partial charge in [-0.3, -0.25) is 10.9 Å². The zero-order valence-corrected chi connectivity index (χ0v) is 11.6. The van der Waals surface area contributed by atoms with Crippen LogP contribution in [-0.2, 0) is 0 Å². The second-order valence-electron chi connectivity index (χ2n) is 3.42. The number of aliphatic hydroxyl groups excluding tert-OH is 3. The van der Waals surface area contributed by atoms with Gasteiger partial charge in [0.25, 0.3) is 0 Å². The van der Waals surface area contributed by atoms with Crippen LogP contribution in [-0.4, -0.2) is 55.8 Å². The van der Waals surface area contributed by atoms with E-state index in [-0.39, 0.29) is 15.9 Å². The molecule has 0 bridgehead atoms. The molecule has 0 spiro atoms. The van der Waals surface area contributed by atoms with E-state index in [4.69, 9.17) is 11.5 Å². The molecule has 0 saturated carbocycles. The molecule has 0 aromatic rings. The van der Waals surface area contributed by atoms with Gasteiger partial charge in [0, 0.05) is 0 Å². The first-order valence-corrected chi connectivity index (χ1v) is 5.83. The lowest BCUT2D eigenvalue weighted by molar-refractivity contribution is -0.0250. The van der Waals surface area contributed by atoms with Gasteiger partial charge in [0.1, 0.15) is 17.9 Å². The Morgan fingerprint density at radius 1 is 1.16 bits per heavy atom. The standard InChI is InChI=1S/C8H16N6O3S2/c1-3(15)5(16)6(17)4(12-14-8(10)19)2-11-13-7(9)18/h2-3,5-6,15-17H,1H3,(H3,9,13,18)(H3,10,14,19)/b11-2-,12-4+/t3-,5-,6+/m0/s1. The molecule has 0 amide bonds. The lowest BCUT2D eigenvalue weighted by Crippen LogP contribution is -2.43. The number of hydrogen-bond donors (Lipinski definition) is 7. The zero-order valence-electron chi connectivity index (χ0n) is 10.0. The summed E-state index contributed by atoms with van der Waals surface area (Å²) in [6.45, 7) is 1.30. The molecule has 0 heterocycles. The summed E-state index contributed by atoms with van der Waals surface area (Å²) in [6, 6.07) is 0. The Bertz CT molecular complexity index is 387. The Labute approximate surface area is 120 Å². The number of nitrogens with one attached hydrogen (secondary N) is 2. The highest BCUT2D eigenvalue weighted by Crippen LogP contribution is 2.01. The molecule has 108 valence electrons. The predicted molar refractivity (Wildman–Crippen MR) is 79.5 cm³/mol. The molecule has 11 heteroatoms. The molecule has 0 saturated heterocycles. The van der Waals surface area contributed by atoms with Gasteiger partial charge in [0.15, 0.2) is 10.2 Å². The summed E-state index contributed by atoms with van der Waals surface area (Å²) in [5, 5.41) is 35.5. The molecule has 0 rings (SSSR count). The van der Waals surface area contributed by atoms with Crippen LogP contribution in [0, 0.1) is 0 Å². The highest BCUT2D eigenvalue weighted by molar-refractivity contribution is 7.80. The van der Waals surface area contributed by atoms with Crippen LogP contribution in [0.5, 0.6) is 0 Å². The molecule has 0 aliphatic carbocycles. The molecule has 0 fully saturated rings. The largest absolute Gasteiger partial charge is 0.391 e. The van der Waals surface area contributed by atoms with E-state index in [0.717, 1.165) is 6.21 Å². The molecular weight excluding hydrogens is 292 g/mol. The number of nitrogens with zero attached hydrogens (tertiary/aromatic N) is 2. The van der Waals surface area contributed by atoms with Crippen LogP contribution in [0.3, 0.4) is 0 Å². The maximum Gasteiger partial charge on any atom is 0.184 e. The average Bonchev–Trinajstić information content (AvgIpc) is 2.30. The zero-order chi connectivity index (χ0) is 15.0. The lowest BCUT2D eigenvalue weighted by atomic mass is 10.1. The van der Waals surface area contributed by atoms with Crippen LogP contribution in [0.25, 0.3) is 0 Å². The normalized spacial score (nSPS) is 16.7. The summed E-state index contributed by atoms with van der Waals surface area (Å²) in [4.78, 5) is 0. The minimum absolute atomic E-state index is 0.0940. The summed E-state index contributed by atoms with van der Waals surface area (Å²) in [7, 11) is 0. The third-order valence-electron chi connectivity index (χ3n) is 1.79. The van der Waals surface area contributed by atoms with Crippen LogP contribution >= 0.6 is 24.4 Å². The van der Waals surface area contributed by atoms with Crippen molar-refractivity contribution in [1.29, 1.82) is 0 Å². The molecular formula is C8H16N6O3S2. The Morgan fingerprint density at radius 3 is 2.11 bits per heavy atom. The summed E-state index contributed by atoms with van der Waals surface area (Å²) in [5.41, 5.74) is 14.6. The smallest absolute Gasteiger partial charge is 0.184 e. The van der Waals surface area contributed by atoms with E-state index in [1.807, 2.05) is 0 Å². The van der Waals surface area contributed by atoms with Crippen molar-refractivity contribution >= 4 is 46.6 Å². The molecule has 0 aliphatic heterocycles. The van der Waals surface area contributed by atoms with Crippen LogP contribution in [0.1, 0.15) is 6.92 Å². The first-order valence-electron chi connectivity index (χ1n) is 5.01. The Kier molecular flexibility index (Phi) is 8.02. The van der Waals surface area contributed by atoms with Gasteiger partial charge in [0.05, 0.1) is 12.3 Å². The maximum absolute atomic E-state index is 9.78. The Morgan fingerprint density at radius 2 is 1.68 bits per heavy atom. The number of hydrazone groups is 2. The molecule has 3 atom stereocenters. The van der Waals surface area contributed by atoms with Crippen molar-refractivity contribution < 1.29 is 15.3 Å². The fraction of sp³-hybridized carbons (Fsp3) is 0.500. The number of nitrogens with two attached hydrogens (primary N) is 2. The van der Waals surface area contributed by atoms with E-state index < -0.39 is 18.3 Å². The van der Waals surface area contributed by atoms with Crippen LogP contribution in [0.2, 0.25) is 0 Å². The third-order valence-corrected chi connectivity index (χ3v) is 1.97. The van der Waals surface area contributed by atoms with Crippen molar-refractivity contribution in [1.82, 2.24) is 10.9 Å². The van der Waals surface area contributed by atoms with E-state index in [2.05, 4.69) is 45.5 Å². The second kappa shape index (κ2) is 8.66. The minimum Gasteiger partial charge on any atom is -0.391 e. The van der Waals surface area contributed by atoms with Gasteiger partial charge >= 0.3 is 0 Å². The van der Waals surface area contributed by atoms with Crippen LogP contribution in [0.4, 0.5) is 0 Å². The van der Waals surface area contributed by atoms with E-state index in [1.54, 1.807) is 0 Å². The molecule has 0 unspecified atom stereocenters. The summed E-state index contributed by atoms with van der Waals surface area (Å²) >= 11 is 9.05. The van der Waals surface area contributed by atoms with Crippen molar-refractivity contribution in [2.24, 2.45) is 21.7 Å². The number of aliphatic hydroxyl groups is 3. The van der Waals surface area contributed by atoms with Gasteiger partial charge in [-0.15, -0.1) is 0 Å². The van der Waals surface area contributed by atoms with Crippen molar-refractivity contribution in [3.05, 3.63) is 0 Å². The molecule has 9 N–H and O–H groups in total. The quantitative estimate of drug-likeness (QED) is 0.155. The van der Waals surface area contributed by atoms with E-state index in [0.29, 0.717) is 0 Å². The van der Waals surface area contributed by atoms with Gasteiger partial charge in [-0.2, -0.15) is 10.2 Å². The topological polar surface area (TPSA) is 162 Å². The first kappa shape index (κ1) is 17.6. The first-order chi connectivity index (χ1) is 8.75. The van der Waals surface area contributed by atoms with Gasteiger partial charge in [-0.05, 0) is 31.4 Å². The monoisotopic (exact) mass is 308 g/mol. The highest BCUT2D eigenvalue weighted by atomic mass is 32.1. The lowest BCUT2D eigenvalue weighted by Gasteiger charge is -2.19. The average molecular weight is 308 g/mol. The predicted octanol–water partition coefficient (Wildman–Crippen LogP) is -2.90.